The topological polar surface area (TPSA) is 41.5 Å². The Balaban J connectivity index is 1.80. The zero-order valence-corrected chi connectivity index (χ0v) is 10.6. The molecular formula is C14H20FNO2. The maximum atomic E-state index is 13.0. The van der Waals surface area contributed by atoms with Crippen LogP contribution in [-0.2, 0) is 4.74 Å². The van der Waals surface area contributed by atoms with Gasteiger partial charge in [-0.3, -0.25) is 0 Å². The lowest BCUT2D eigenvalue weighted by molar-refractivity contribution is 0.105. The highest BCUT2D eigenvalue weighted by molar-refractivity contribution is 5.19. The largest absolute Gasteiger partial charge is 0.387 e. The Morgan fingerprint density at radius 2 is 2.33 bits per heavy atom. The van der Waals surface area contributed by atoms with E-state index in [0.717, 1.165) is 19.3 Å². The van der Waals surface area contributed by atoms with E-state index in [0.29, 0.717) is 24.3 Å². The van der Waals surface area contributed by atoms with E-state index in [2.05, 4.69) is 5.32 Å². The maximum Gasteiger partial charge on any atom is 0.123 e. The molecule has 0 aromatic heterocycles. The van der Waals surface area contributed by atoms with E-state index in [4.69, 9.17) is 4.74 Å². The summed E-state index contributed by atoms with van der Waals surface area (Å²) in [5.41, 5.74) is 0.615. The van der Waals surface area contributed by atoms with Gasteiger partial charge in [0.15, 0.2) is 0 Å². The zero-order valence-electron chi connectivity index (χ0n) is 10.6. The van der Waals surface area contributed by atoms with Crippen LogP contribution < -0.4 is 5.32 Å². The number of aliphatic hydroxyl groups is 1. The van der Waals surface area contributed by atoms with Crippen molar-refractivity contribution in [1.82, 2.24) is 5.32 Å². The Kier molecular flexibility index (Phi) is 4.69. The molecule has 0 amide bonds. The predicted molar refractivity (Wildman–Crippen MR) is 67.8 cm³/mol. The van der Waals surface area contributed by atoms with E-state index in [1.54, 1.807) is 19.2 Å². The molecule has 1 saturated carbocycles. The summed E-state index contributed by atoms with van der Waals surface area (Å²) < 4.78 is 18.3. The van der Waals surface area contributed by atoms with Gasteiger partial charge in [0.05, 0.1) is 12.2 Å². The smallest absolute Gasteiger partial charge is 0.123 e. The molecule has 2 N–H and O–H groups in total. The van der Waals surface area contributed by atoms with Gasteiger partial charge in [-0.05, 0) is 37.0 Å². The normalized spacial score (nSPS) is 25.3. The van der Waals surface area contributed by atoms with E-state index in [-0.39, 0.29) is 5.82 Å². The number of halogens is 1. The van der Waals surface area contributed by atoms with E-state index in [9.17, 15) is 9.50 Å². The molecule has 3 unspecified atom stereocenters. The molecule has 1 aromatic carbocycles. The van der Waals surface area contributed by atoms with Crippen molar-refractivity contribution in [2.45, 2.75) is 37.5 Å². The second kappa shape index (κ2) is 6.27. The van der Waals surface area contributed by atoms with Gasteiger partial charge in [0.25, 0.3) is 0 Å². The third kappa shape index (κ3) is 3.51. The van der Waals surface area contributed by atoms with E-state index in [1.165, 1.54) is 12.1 Å². The summed E-state index contributed by atoms with van der Waals surface area (Å²) in [5, 5.41) is 13.3. The van der Waals surface area contributed by atoms with Gasteiger partial charge in [0.1, 0.15) is 5.82 Å². The number of methoxy groups -OCH3 is 1. The van der Waals surface area contributed by atoms with Crippen LogP contribution >= 0.6 is 0 Å². The molecule has 0 spiro atoms. The first-order valence-electron chi connectivity index (χ1n) is 6.38. The van der Waals surface area contributed by atoms with Crippen molar-refractivity contribution < 1.29 is 14.2 Å². The zero-order chi connectivity index (χ0) is 13.0. The molecular weight excluding hydrogens is 233 g/mol. The van der Waals surface area contributed by atoms with Crippen molar-refractivity contribution >= 4 is 0 Å². The first-order valence-corrected chi connectivity index (χ1v) is 6.38. The molecule has 0 radical (unpaired) electrons. The molecule has 100 valence electrons. The average Bonchev–Trinajstić information content (AvgIpc) is 2.84. The van der Waals surface area contributed by atoms with Crippen molar-refractivity contribution in [2.24, 2.45) is 0 Å². The molecule has 3 atom stereocenters. The standard InChI is InChI=1S/C14H20FNO2/c1-18-13-6-5-12(8-13)16-9-14(17)10-3-2-4-11(15)7-10/h2-4,7,12-14,16-17H,5-6,8-9H2,1H3. The lowest BCUT2D eigenvalue weighted by Crippen LogP contribution is -2.31. The molecule has 0 aliphatic heterocycles. The van der Waals surface area contributed by atoms with Gasteiger partial charge >= 0.3 is 0 Å². The SMILES string of the molecule is COC1CCC(NCC(O)c2cccc(F)c2)C1. The quantitative estimate of drug-likeness (QED) is 0.843. The summed E-state index contributed by atoms with van der Waals surface area (Å²) in [7, 11) is 1.73. The third-order valence-electron chi connectivity index (χ3n) is 3.55. The van der Waals surface area contributed by atoms with Crippen LogP contribution in [-0.4, -0.2) is 30.9 Å². The molecule has 1 aromatic rings. The van der Waals surface area contributed by atoms with Crippen LogP contribution in [0.4, 0.5) is 4.39 Å². The number of hydrogen-bond acceptors (Lipinski definition) is 3. The summed E-state index contributed by atoms with van der Waals surface area (Å²) in [5.74, 6) is -0.313. The molecule has 0 heterocycles. The summed E-state index contributed by atoms with van der Waals surface area (Å²) >= 11 is 0. The van der Waals surface area contributed by atoms with Crippen LogP contribution in [0.1, 0.15) is 30.9 Å². The molecule has 1 fully saturated rings. The van der Waals surface area contributed by atoms with E-state index < -0.39 is 6.10 Å². The fraction of sp³-hybridized carbons (Fsp3) is 0.571. The predicted octanol–water partition coefficient (Wildman–Crippen LogP) is 2.02. The van der Waals surface area contributed by atoms with Crippen LogP contribution in [0.15, 0.2) is 24.3 Å². The average molecular weight is 253 g/mol. The Labute approximate surface area is 107 Å². The highest BCUT2D eigenvalue weighted by Crippen LogP contribution is 2.22. The monoisotopic (exact) mass is 253 g/mol. The molecule has 4 heteroatoms. The number of hydrogen-bond donors (Lipinski definition) is 2. The first kappa shape index (κ1) is 13.5. The van der Waals surface area contributed by atoms with Gasteiger partial charge < -0.3 is 15.2 Å². The maximum absolute atomic E-state index is 13.0. The van der Waals surface area contributed by atoms with Gasteiger partial charge in [-0.2, -0.15) is 0 Å². The summed E-state index contributed by atoms with van der Waals surface area (Å²) in [4.78, 5) is 0. The van der Waals surface area contributed by atoms with Gasteiger partial charge in [-0.15, -0.1) is 0 Å². The summed E-state index contributed by atoms with van der Waals surface area (Å²) in [6.07, 6.45) is 2.77. The molecule has 1 aliphatic carbocycles. The minimum absolute atomic E-state index is 0.313. The lowest BCUT2D eigenvalue weighted by atomic mass is 10.1. The minimum atomic E-state index is -0.665. The second-order valence-electron chi connectivity index (χ2n) is 4.85. The lowest BCUT2D eigenvalue weighted by Gasteiger charge is -2.17. The Hall–Kier alpha value is -0.970. The highest BCUT2D eigenvalue weighted by atomic mass is 19.1. The van der Waals surface area contributed by atoms with Gasteiger partial charge in [-0.1, -0.05) is 12.1 Å². The second-order valence-corrected chi connectivity index (χ2v) is 4.85. The van der Waals surface area contributed by atoms with E-state index in [1.807, 2.05) is 0 Å². The van der Waals surface area contributed by atoms with Crippen LogP contribution in [0.25, 0.3) is 0 Å². The highest BCUT2D eigenvalue weighted by Gasteiger charge is 2.24. The summed E-state index contributed by atoms with van der Waals surface area (Å²) in [6, 6.07) is 6.49. The minimum Gasteiger partial charge on any atom is -0.387 e. The van der Waals surface area contributed by atoms with Crippen molar-refractivity contribution in [3.05, 3.63) is 35.6 Å². The van der Waals surface area contributed by atoms with Crippen LogP contribution in [0.5, 0.6) is 0 Å². The third-order valence-corrected chi connectivity index (χ3v) is 3.55. The van der Waals surface area contributed by atoms with Crippen LogP contribution in [0.3, 0.4) is 0 Å². The summed E-state index contributed by atoms with van der Waals surface area (Å²) in [6.45, 7) is 0.449. The van der Waals surface area contributed by atoms with Crippen molar-refractivity contribution in [3.8, 4) is 0 Å². The van der Waals surface area contributed by atoms with Crippen molar-refractivity contribution in [2.75, 3.05) is 13.7 Å². The number of nitrogens with one attached hydrogen (secondary N) is 1. The number of rotatable bonds is 5. The molecule has 0 bridgehead atoms. The molecule has 18 heavy (non-hydrogen) atoms. The molecule has 3 nitrogen and oxygen atoms in total. The number of benzene rings is 1. The Morgan fingerprint density at radius 1 is 1.50 bits per heavy atom. The molecule has 1 aliphatic rings. The Bertz CT molecular complexity index is 386. The van der Waals surface area contributed by atoms with E-state index >= 15 is 0 Å². The molecule has 2 rings (SSSR count). The van der Waals surface area contributed by atoms with Crippen LogP contribution in [0.2, 0.25) is 0 Å². The van der Waals surface area contributed by atoms with Crippen molar-refractivity contribution in [1.29, 1.82) is 0 Å². The fourth-order valence-corrected chi connectivity index (χ4v) is 2.45. The van der Waals surface area contributed by atoms with Crippen LogP contribution in [0, 0.1) is 5.82 Å². The van der Waals surface area contributed by atoms with Gasteiger partial charge in [0, 0.05) is 19.7 Å². The molecule has 0 saturated heterocycles. The fourth-order valence-electron chi connectivity index (χ4n) is 2.45. The van der Waals surface area contributed by atoms with Gasteiger partial charge in [-0.25, -0.2) is 4.39 Å². The Morgan fingerprint density at radius 3 is 3.00 bits per heavy atom. The first-order chi connectivity index (χ1) is 8.69. The van der Waals surface area contributed by atoms with Gasteiger partial charge in [0.2, 0.25) is 0 Å². The number of ether oxygens (including phenoxy) is 1. The van der Waals surface area contributed by atoms with Crippen molar-refractivity contribution in [3.63, 3.8) is 0 Å². The number of aliphatic hydroxyl groups excluding tert-OH is 1.